The lowest BCUT2D eigenvalue weighted by atomic mass is 9.86. The van der Waals surface area contributed by atoms with E-state index in [1.807, 2.05) is 66.7 Å². The molecule has 0 aliphatic carbocycles. The van der Waals surface area contributed by atoms with Crippen molar-refractivity contribution in [1.82, 2.24) is 0 Å². The molecule has 0 bridgehead atoms. The summed E-state index contributed by atoms with van der Waals surface area (Å²) >= 11 is 0. The van der Waals surface area contributed by atoms with Gasteiger partial charge in [0.25, 0.3) is 0 Å². The second-order valence-corrected chi connectivity index (χ2v) is 7.52. The zero-order valence-electron chi connectivity index (χ0n) is 15.6. The molecule has 0 aromatic heterocycles. The molecule has 0 aliphatic rings. The number of carbonyl (C=O) groups is 1. The average molecular weight is 340 g/mol. The predicted molar refractivity (Wildman–Crippen MR) is 110 cm³/mol. The van der Waals surface area contributed by atoms with Crippen LogP contribution in [0.5, 0.6) is 0 Å². The molecule has 0 saturated carbocycles. The second kappa shape index (κ2) is 7.53. The topological polar surface area (TPSA) is 17.1 Å². The molecular weight excluding hydrogens is 316 g/mol. The minimum Gasteiger partial charge on any atom is -0.289 e. The Morgan fingerprint density at radius 3 is 1.62 bits per heavy atom. The molecule has 0 radical (unpaired) electrons. The molecule has 0 aliphatic heterocycles. The van der Waals surface area contributed by atoms with Crippen molar-refractivity contribution in [2.24, 2.45) is 0 Å². The highest BCUT2D eigenvalue weighted by Gasteiger charge is 2.15. The maximum Gasteiger partial charge on any atom is 0.193 e. The van der Waals surface area contributed by atoms with Crippen molar-refractivity contribution in [1.29, 1.82) is 0 Å². The fourth-order valence-electron chi connectivity index (χ4n) is 2.79. The normalized spacial score (nSPS) is 11.7. The molecule has 0 heterocycles. The van der Waals surface area contributed by atoms with Crippen LogP contribution >= 0.6 is 0 Å². The number of rotatable bonds is 4. The summed E-state index contributed by atoms with van der Waals surface area (Å²) in [6, 6.07) is 25.9. The van der Waals surface area contributed by atoms with Gasteiger partial charge in [-0.05, 0) is 22.1 Å². The van der Waals surface area contributed by atoms with Crippen molar-refractivity contribution in [3.8, 4) is 0 Å². The molecule has 26 heavy (non-hydrogen) atoms. The van der Waals surface area contributed by atoms with Crippen LogP contribution in [-0.4, -0.2) is 5.78 Å². The number of ketones is 1. The lowest BCUT2D eigenvalue weighted by molar-refractivity contribution is 0.103. The third-order valence-electron chi connectivity index (χ3n) is 4.45. The standard InChI is InChI=1S/C25H24O/c1-25(2,3)23-17-15-22(16-18-23)24(26)21-13-11-20(12-14-21)10-9-19-7-5-4-6-8-19/h4-18H,1-3H3. The van der Waals surface area contributed by atoms with Crippen LogP contribution in [-0.2, 0) is 5.41 Å². The molecular formula is C25H24O. The third kappa shape index (κ3) is 4.37. The largest absolute Gasteiger partial charge is 0.289 e. The lowest BCUT2D eigenvalue weighted by Crippen LogP contribution is -2.11. The molecule has 0 spiro atoms. The maximum atomic E-state index is 12.7. The zero-order valence-corrected chi connectivity index (χ0v) is 15.6. The Morgan fingerprint density at radius 2 is 1.12 bits per heavy atom. The van der Waals surface area contributed by atoms with Gasteiger partial charge in [0.1, 0.15) is 0 Å². The van der Waals surface area contributed by atoms with E-state index in [1.54, 1.807) is 0 Å². The minimum atomic E-state index is 0.0593. The zero-order chi connectivity index (χ0) is 18.6. The quantitative estimate of drug-likeness (QED) is 0.397. The molecule has 0 unspecified atom stereocenters. The lowest BCUT2D eigenvalue weighted by Gasteiger charge is -2.19. The Morgan fingerprint density at radius 1 is 0.654 bits per heavy atom. The highest BCUT2D eigenvalue weighted by molar-refractivity contribution is 6.09. The van der Waals surface area contributed by atoms with Crippen molar-refractivity contribution in [2.45, 2.75) is 26.2 Å². The molecule has 0 atom stereocenters. The van der Waals surface area contributed by atoms with E-state index in [2.05, 4.69) is 45.1 Å². The van der Waals surface area contributed by atoms with E-state index in [-0.39, 0.29) is 11.2 Å². The second-order valence-electron chi connectivity index (χ2n) is 7.52. The van der Waals surface area contributed by atoms with Gasteiger partial charge in [-0.2, -0.15) is 0 Å². The van der Waals surface area contributed by atoms with Gasteiger partial charge in [-0.15, -0.1) is 0 Å². The molecule has 0 amide bonds. The van der Waals surface area contributed by atoms with Crippen molar-refractivity contribution in [3.63, 3.8) is 0 Å². The van der Waals surface area contributed by atoms with Gasteiger partial charge in [-0.25, -0.2) is 0 Å². The molecule has 3 aromatic rings. The summed E-state index contributed by atoms with van der Waals surface area (Å²) in [7, 11) is 0. The number of hydrogen-bond acceptors (Lipinski definition) is 1. The van der Waals surface area contributed by atoms with Crippen LogP contribution in [0.3, 0.4) is 0 Å². The fraction of sp³-hybridized carbons (Fsp3) is 0.160. The summed E-state index contributed by atoms with van der Waals surface area (Å²) in [5.41, 5.74) is 5.00. The average Bonchev–Trinajstić information content (AvgIpc) is 2.66. The van der Waals surface area contributed by atoms with Gasteiger partial charge in [0.2, 0.25) is 0 Å². The number of carbonyl (C=O) groups excluding carboxylic acids is 1. The fourth-order valence-corrected chi connectivity index (χ4v) is 2.79. The van der Waals surface area contributed by atoms with Gasteiger partial charge in [0.05, 0.1) is 0 Å². The summed E-state index contributed by atoms with van der Waals surface area (Å²) in [6.45, 7) is 6.52. The van der Waals surface area contributed by atoms with Gasteiger partial charge in [0.15, 0.2) is 5.78 Å². The Bertz CT molecular complexity index is 893. The van der Waals surface area contributed by atoms with Gasteiger partial charge < -0.3 is 0 Å². The number of benzene rings is 3. The first-order chi connectivity index (χ1) is 12.4. The summed E-state index contributed by atoms with van der Waals surface area (Å²) < 4.78 is 0. The molecule has 1 nitrogen and oxygen atoms in total. The van der Waals surface area contributed by atoms with Crippen molar-refractivity contribution >= 4 is 17.9 Å². The summed E-state index contributed by atoms with van der Waals surface area (Å²) in [6.07, 6.45) is 4.13. The van der Waals surface area contributed by atoms with E-state index < -0.39 is 0 Å². The van der Waals surface area contributed by atoms with Gasteiger partial charge in [-0.1, -0.05) is 112 Å². The smallest absolute Gasteiger partial charge is 0.193 e. The summed E-state index contributed by atoms with van der Waals surface area (Å²) in [5.74, 6) is 0.0593. The van der Waals surface area contributed by atoms with Gasteiger partial charge in [0, 0.05) is 11.1 Å². The highest BCUT2D eigenvalue weighted by atomic mass is 16.1. The summed E-state index contributed by atoms with van der Waals surface area (Å²) in [4.78, 5) is 12.7. The van der Waals surface area contributed by atoms with Crippen molar-refractivity contribution < 1.29 is 4.79 Å². The van der Waals surface area contributed by atoms with E-state index in [4.69, 9.17) is 0 Å². The first-order valence-electron chi connectivity index (χ1n) is 8.92. The highest BCUT2D eigenvalue weighted by Crippen LogP contribution is 2.23. The molecule has 1 heteroatoms. The van der Waals surface area contributed by atoms with Crippen molar-refractivity contribution in [2.75, 3.05) is 0 Å². The van der Waals surface area contributed by atoms with Gasteiger partial charge in [-0.3, -0.25) is 4.79 Å². The SMILES string of the molecule is CC(C)(C)c1ccc(C(=O)c2ccc(C=Cc3ccccc3)cc2)cc1. The van der Waals surface area contributed by atoms with Crippen LogP contribution in [0, 0.1) is 0 Å². The van der Waals surface area contributed by atoms with E-state index in [1.165, 1.54) is 5.56 Å². The third-order valence-corrected chi connectivity index (χ3v) is 4.45. The van der Waals surface area contributed by atoms with Gasteiger partial charge >= 0.3 is 0 Å². The molecule has 130 valence electrons. The molecule has 3 aromatic carbocycles. The molecule has 3 rings (SSSR count). The molecule has 0 fully saturated rings. The molecule has 0 N–H and O–H groups in total. The van der Waals surface area contributed by atoms with Crippen LogP contribution in [0.2, 0.25) is 0 Å². The van der Waals surface area contributed by atoms with E-state index in [0.717, 1.165) is 16.7 Å². The van der Waals surface area contributed by atoms with Crippen LogP contribution in [0.4, 0.5) is 0 Å². The van der Waals surface area contributed by atoms with Crippen LogP contribution in [0.1, 0.15) is 53.4 Å². The Labute approximate surface area is 156 Å². The van der Waals surface area contributed by atoms with E-state index in [9.17, 15) is 4.79 Å². The maximum absolute atomic E-state index is 12.7. The van der Waals surface area contributed by atoms with Crippen LogP contribution in [0.15, 0.2) is 78.9 Å². The first-order valence-corrected chi connectivity index (χ1v) is 8.92. The Kier molecular flexibility index (Phi) is 5.18. The van der Waals surface area contributed by atoms with Crippen LogP contribution < -0.4 is 0 Å². The Hall–Kier alpha value is -2.93. The predicted octanol–water partition coefficient (Wildman–Crippen LogP) is 6.39. The molecule has 0 saturated heterocycles. The number of hydrogen-bond donors (Lipinski definition) is 0. The minimum absolute atomic E-state index is 0.0593. The Balaban J connectivity index is 1.74. The van der Waals surface area contributed by atoms with Crippen molar-refractivity contribution in [3.05, 3.63) is 107 Å². The first kappa shape index (κ1) is 17.9. The summed E-state index contributed by atoms with van der Waals surface area (Å²) in [5, 5.41) is 0. The monoisotopic (exact) mass is 340 g/mol. The van der Waals surface area contributed by atoms with Crippen LogP contribution in [0.25, 0.3) is 12.2 Å². The van der Waals surface area contributed by atoms with E-state index in [0.29, 0.717) is 5.56 Å². The van der Waals surface area contributed by atoms with E-state index >= 15 is 0 Å².